The van der Waals surface area contributed by atoms with Crippen molar-refractivity contribution in [2.75, 3.05) is 30.7 Å². The monoisotopic (exact) mass is 337 g/mol. The Morgan fingerprint density at radius 1 is 1.35 bits per heavy atom. The number of hydrogen-bond acceptors (Lipinski definition) is 4. The van der Waals surface area contributed by atoms with Crippen LogP contribution in [-0.4, -0.2) is 50.1 Å². The van der Waals surface area contributed by atoms with Gasteiger partial charge in [-0.1, -0.05) is 0 Å². The summed E-state index contributed by atoms with van der Waals surface area (Å²) in [6.07, 6.45) is 2.28. The van der Waals surface area contributed by atoms with Crippen LogP contribution in [0.3, 0.4) is 0 Å². The first-order valence-corrected chi connectivity index (χ1v) is 9.76. The second-order valence-electron chi connectivity index (χ2n) is 6.10. The molecule has 6 nitrogen and oxygen atoms in total. The van der Waals surface area contributed by atoms with E-state index in [1.807, 2.05) is 18.2 Å². The zero-order valence-electron chi connectivity index (χ0n) is 13.3. The highest BCUT2D eigenvalue weighted by Crippen LogP contribution is 2.23. The quantitative estimate of drug-likeness (QED) is 0.865. The minimum Gasteiger partial charge on any atom is -0.384 e. The maximum Gasteiger partial charge on any atom is 0.251 e. The second kappa shape index (κ2) is 6.49. The molecule has 0 spiro atoms. The molecule has 0 aliphatic carbocycles. The lowest BCUT2D eigenvalue weighted by Crippen LogP contribution is -2.46. The van der Waals surface area contributed by atoms with E-state index in [1.165, 1.54) is 9.87 Å². The lowest BCUT2D eigenvalue weighted by molar-refractivity contribution is 0.0924. The lowest BCUT2D eigenvalue weighted by atomic mass is 10.0. The summed E-state index contributed by atoms with van der Waals surface area (Å²) in [4.78, 5) is 12.4. The number of benzene rings is 1. The Morgan fingerprint density at radius 2 is 2.09 bits per heavy atom. The molecule has 2 aliphatic heterocycles. The van der Waals surface area contributed by atoms with Crippen LogP contribution in [0.25, 0.3) is 0 Å². The van der Waals surface area contributed by atoms with Gasteiger partial charge in [0.15, 0.2) is 0 Å². The molecule has 1 aromatic carbocycles. The van der Waals surface area contributed by atoms with Crippen molar-refractivity contribution in [3.8, 4) is 0 Å². The van der Waals surface area contributed by atoms with E-state index in [-0.39, 0.29) is 17.7 Å². The summed E-state index contributed by atoms with van der Waals surface area (Å²) in [5.41, 5.74) is 2.97. The summed E-state index contributed by atoms with van der Waals surface area (Å²) in [5.74, 6) is 0.0594. The lowest BCUT2D eigenvalue weighted by Gasteiger charge is -2.31. The zero-order chi connectivity index (χ0) is 16.4. The maximum absolute atomic E-state index is 12.4. The van der Waals surface area contributed by atoms with Crippen molar-refractivity contribution < 1.29 is 13.2 Å². The summed E-state index contributed by atoms with van der Waals surface area (Å²) in [6, 6.07) is 5.77. The van der Waals surface area contributed by atoms with Gasteiger partial charge >= 0.3 is 0 Å². The standard InChI is InChI=1S/C16H23N3O3S/c1-2-23(21,22)19-9-6-14(7-10-19)18-16(20)13-3-4-15-12(11-13)5-8-17-15/h3-4,11,14,17H,2,5-10H2,1H3,(H,18,20). The molecule has 7 heteroatoms. The van der Waals surface area contributed by atoms with Crippen LogP contribution in [0, 0.1) is 0 Å². The number of anilines is 1. The Hall–Kier alpha value is -1.60. The third-order valence-electron chi connectivity index (χ3n) is 4.62. The minimum atomic E-state index is -3.12. The number of carbonyl (C=O) groups is 1. The Kier molecular flexibility index (Phi) is 4.59. The van der Waals surface area contributed by atoms with Gasteiger partial charge in [0, 0.05) is 36.9 Å². The van der Waals surface area contributed by atoms with Gasteiger partial charge in [0.05, 0.1) is 5.75 Å². The van der Waals surface area contributed by atoms with Gasteiger partial charge in [-0.15, -0.1) is 0 Å². The molecule has 126 valence electrons. The van der Waals surface area contributed by atoms with E-state index < -0.39 is 10.0 Å². The maximum atomic E-state index is 12.4. The molecule has 23 heavy (non-hydrogen) atoms. The first-order valence-electron chi connectivity index (χ1n) is 8.15. The van der Waals surface area contributed by atoms with E-state index in [1.54, 1.807) is 6.92 Å². The van der Waals surface area contributed by atoms with E-state index in [9.17, 15) is 13.2 Å². The van der Waals surface area contributed by atoms with Crippen LogP contribution in [0.4, 0.5) is 5.69 Å². The first kappa shape index (κ1) is 16.3. The highest BCUT2D eigenvalue weighted by molar-refractivity contribution is 7.89. The number of nitrogens with zero attached hydrogens (tertiary/aromatic N) is 1. The summed E-state index contributed by atoms with van der Waals surface area (Å²) in [6.45, 7) is 3.54. The van der Waals surface area contributed by atoms with E-state index >= 15 is 0 Å². The first-order chi connectivity index (χ1) is 11.0. The van der Waals surface area contributed by atoms with Crippen molar-refractivity contribution in [1.29, 1.82) is 0 Å². The highest BCUT2D eigenvalue weighted by Gasteiger charge is 2.27. The second-order valence-corrected chi connectivity index (χ2v) is 8.35. The summed E-state index contributed by atoms with van der Waals surface area (Å²) < 4.78 is 25.2. The van der Waals surface area contributed by atoms with Crippen molar-refractivity contribution >= 4 is 21.6 Å². The molecule has 0 radical (unpaired) electrons. The Morgan fingerprint density at radius 3 is 2.78 bits per heavy atom. The highest BCUT2D eigenvalue weighted by atomic mass is 32.2. The third-order valence-corrected chi connectivity index (χ3v) is 6.51. The van der Waals surface area contributed by atoms with Crippen LogP contribution in [0.1, 0.15) is 35.7 Å². The molecule has 1 aromatic rings. The van der Waals surface area contributed by atoms with E-state index in [2.05, 4.69) is 10.6 Å². The fraction of sp³-hybridized carbons (Fsp3) is 0.562. The molecule has 0 bridgehead atoms. The Bertz CT molecular complexity index is 695. The molecule has 0 atom stereocenters. The molecule has 1 saturated heterocycles. The van der Waals surface area contributed by atoms with Crippen LogP contribution in [0.15, 0.2) is 18.2 Å². The number of hydrogen-bond donors (Lipinski definition) is 2. The molecule has 1 amide bonds. The molecule has 2 aliphatic rings. The number of carbonyl (C=O) groups excluding carboxylic acids is 1. The number of fused-ring (bicyclic) bond motifs is 1. The number of rotatable bonds is 4. The SMILES string of the molecule is CCS(=O)(=O)N1CCC(NC(=O)c2ccc3c(c2)CCN3)CC1. The number of piperidine rings is 1. The van der Waals surface area contributed by atoms with Crippen molar-refractivity contribution in [2.24, 2.45) is 0 Å². The van der Waals surface area contributed by atoms with Gasteiger partial charge in [0.1, 0.15) is 0 Å². The van der Waals surface area contributed by atoms with Gasteiger partial charge in [-0.2, -0.15) is 0 Å². The minimum absolute atomic E-state index is 0.0391. The zero-order valence-corrected chi connectivity index (χ0v) is 14.2. The fourth-order valence-electron chi connectivity index (χ4n) is 3.18. The van der Waals surface area contributed by atoms with Crippen molar-refractivity contribution in [1.82, 2.24) is 9.62 Å². The van der Waals surface area contributed by atoms with Crippen molar-refractivity contribution in [3.05, 3.63) is 29.3 Å². The molecular weight excluding hydrogens is 314 g/mol. The van der Waals surface area contributed by atoms with Gasteiger partial charge in [0.2, 0.25) is 10.0 Å². The number of amides is 1. The summed E-state index contributed by atoms with van der Waals surface area (Å²) in [7, 11) is -3.12. The van der Waals surface area contributed by atoms with E-state index in [0.717, 1.165) is 18.7 Å². The Balaban J connectivity index is 1.57. The molecule has 2 N–H and O–H groups in total. The predicted molar refractivity (Wildman–Crippen MR) is 90.2 cm³/mol. The normalized spacial score (nSPS) is 19.2. The van der Waals surface area contributed by atoms with Crippen LogP contribution < -0.4 is 10.6 Å². The molecule has 0 unspecified atom stereocenters. The Labute approximate surface area is 137 Å². The van der Waals surface area contributed by atoms with Crippen LogP contribution in [-0.2, 0) is 16.4 Å². The molecule has 3 rings (SSSR count). The average Bonchev–Trinajstić information content (AvgIpc) is 3.03. The van der Waals surface area contributed by atoms with Gasteiger partial charge in [-0.05, 0) is 49.9 Å². The van der Waals surface area contributed by atoms with E-state index in [0.29, 0.717) is 31.5 Å². The smallest absolute Gasteiger partial charge is 0.251 e. The van der Waals surface area contributed by atoms with Gasteiger partial charge in [-0.25, -0.2) is 12.7 Å². The third kappa shape index (κ3) is 3.50. The number of nitrogens with one attached hydrogen (secondary N) is 2. The van der Waals surface area contributed by atoms with Crippen molar-refractivity contribution in [3.63, 3.8) is 0 Å². The van der Waals surface area contributed by atoms with Gasteiger partial charge in [0.25, 0.3) is 5.91 Å². The molecular formula is C16H23N3O3S. The van der Waals surface area contributed by atoms with Gasteiger partial charge < -0.3 is 10.6 Å². The molecule has 0 aromatic heterocycles. The van der Waals surface area contributed by atoms with Crippen molar-refractivity contribution in [2.45, 2.75) is 32.2 Å². The van der Waals surface area contributed by atoms with E-state index in [4.69, 9.17) is 0 Å². The topological polar surface area (TPSA) is 78.5 Å². The van der Waals surface area contributed by atoms with Gasteiger partial charge in [-0.3, -0.25) is 4.79 Å². The molecule has 0 saturated carbocycles. The molecule has 2 heterocycles. The summed E-state index contributed by atoms with van der Waals surface area (Å²) >= 11 is 0. The van der Waals surface area contributed by atoms with Crippen LogP contribution in [0.2, 0.25) is 0 Å². The predicted octanol–water partition coefficient (Wildman–Crippen LogP) is 1.20. The van der Waals surface area contributed by atoms with Crippen LogP contribution >= 0.6 is 0 Å². The molecule has 1 fully saturated rings. The number of sulfonamides is 1. The summed E-state index contributed by atoms with van der Waals surface area (Å²) in [5, 5.41) is 6.31. The van der Waals surface area contributed by atoms with Crippen LogP contribution in [0.5, 0.6) is 0 Å². The average molecular weight is 337 g/mol. The largest absolute Gasteiger partial charge is 0.384 e. The fourth-order valence-corrected chi connectivity index (χ4v) is 4.31.